The van der Waals surface area contributed by atoms with Crippen LogP contribution in [0.1, 0.15) is 28.0 Å². The second-order valence-electron chi connectivity index (χ2n) is 4.55. The van der Waals surface area contributed by atoms with Gasteiger partial charge in [0, 0.05) is 29.1 Å². The van der Waals surface area contributed by atoms with Gasteiger partial charge in [-0.3, -0.25) is 4.98 Å². The van der Waals surface area contributed by atoms with Gasteiger partial charge in [0.2, 0.25) is 0 Å². The number of aromatic nitrogens is 1. The lowest BCUT2D eigenvalue weighted by molar-refractivity contribution is 0.0697. The Morgan fingerprint density at radius 3 is 2.50 bits per heavy atom. The molecule has 0 aliphatic carbocycles. The number of halogens is 3. The summed E-state index contributed by atoms with van der Waals surface area (Å²) in [6.45, 7) is 1.62. The summed E-state index contributed by atoms with van der Waals surface area (Å²) in [6, 6.07) is 3.15. The molecule has 0 saturated heterocycles. The van der Waals surface area contributed by atoms with Crippen molar-refractivity contribution in [2.24, 2.45) is 0 Å². The van der Waals surface area contributed by atoms with E-state index in [2.05, 4.69) is 4.98 Å². The summed E-state index contributed by atoms with van der Waals surface area (Å²) in [5.41, 5.74) is -0.303. The largest absolute Gasteiger partial charge is 0.496 e. The summed E-state index contributed by atoms with van der Waals surface area (Å²) in [5, 5.41) is 9.21. The molecule has 0 saturated carbocycles. The lowest BCUT2D eigenvalue weighted by atomic mass is 9.97. The monoisotopic (exact) mass is 311 g/mol. The summed E-state index contributed by atoms with van der Waals surface area (Å²) in [5.74, 6) is -2.42. The highest BCUT2D eigenvalue weighted by atomic mass is 19.3. The molecular weight excluding hydrogens is 299 g/mol. The highest BCUT2D eigenvalue weighted by molar-refractivity contribution is 5.96. The predicted octanol–water partition coefficient (Wildman–Crippen LogP) is 3.84. The average molecular weight is 311 g/mol. The molecule has 116 valence electrons. The first-order valence-corrected chi connectivity index (χ1v) is 6.21. The summed E-state index contributed by atoms with van der Waals surface area (Å²) >= 11 is 0. The molecular formula is C15H12F3NO3. The minimum Gasteiger partial charge on any atom is -0.496 e. The van der Waals surface area contributed by atoms with Crippen molar-refractivity contribution in [2.75, 3.05) is 7.11 Å². The zero-order valence-corrected chi connectivity index (χ0v) is 11.7. The fourth-order valence-electron chi connectivity index (χ4n) is 2.07. The number of pyridine rings is 1. The van der Waals surface area contributed by atoms with E-state index in [-0.39, 0.29) is 22.4 Å². The van der Waals surface area contributed by atoms with Gasteiger partial charge in [0.1, 0.15) is 11.6 Å². The molecule has 1 N–H and O–H groups in total. The van der Waals surface area contributed by atoms with Crippen LogP contribution in [0.2, 0.25) is 0 Å². The zero-order chi connectivity index (χ0) is 16.4. The molecule has 4 nitrogen and oxygen atoms in total. The molecule has 0 radical (unpaired) electrons. The Hall–Kier alpha value is -2.57. The van der Waals surface area contributed by atoms with Crippen molar-refractivity contribution in [2.45, 2.75) is 13.3 Å². The van der Waals surface area contributed by atoms with Crippen molar-refractivity contribution in [3.8, 4) is 16.9 Å². The van der Waals surface area contributed by atoms with Gasteiger partial charge < -0.3 is 9.84 Å². The van der Waals surface area contributed by atoms with Crippen LogP contribution in [0, 0.1) is 12.7 Å². The number of carboxylic acid groups (broad SMARTS) is 1. The number of carbonyl (C=O) groups is 1. The number of hydrogen-bond donors (Lipinski definition) is 1. The van der Waals surface area contributed by atoms with Crippen molar-refractivity contribution < 1.29 is 27.8 Å². The standard InChI is InChI=1S/C15H12F3NO3/c1-7-3-8(11(6-19-7)15(20)21)9-4-10(14(17)18)12(16)5-13(9)22-2/h3-6,14H,1-2H3,(H,20,21). The lowest BCUT2D eigenvalue weighted by Crippen LogP contribution is -2.04. The summed E-state index contributed by atoms with van der Waals surface area (Å²) < 4.78 is 44.4. The number of hydrogen-bond acceptors (Lipinski definition) is 3. The van der Waals surface area contributed by atoms with Gasteiger partial charge >= 0.3 is 5.97 Å². The van der Waals surface area contributed by atoms with Crippen LogP contribution in [0.25, 0.3) is 11.1 Å². The number of aryl methyl sites for hydroxylation is 1. The number of carboxylic acids is 1. The van der Waals surface area contributed by atoms with E-state index in [1.165, 1.54) is 13.2 Å². The van der Waals surface area contributed by atoms with Crippen molar-refractivity contribution >= 4 is 5.97 Å². The molecule has 2 aromatic rings. The van der Waals surface area contributed by atoms with Gasteiger partial charge in [-0.1, -0.05) is 0 Å². The van der Waals surface area contributed by atoms with E-state index in [1.54, 1.807) is 6.92 Å². The van der Waals surface area contributed by atoms with Crippen LogP contribution in [0.15, 0.2) is 24.4 Å². The second kappa shape index (κ2) is 6.05. The number of alkyl halides is 2. The van der Waals surface area contributed by atoms with Crippen molar-refractivity contribution in [3.63, 3.8) is 0 Å². The Bertz CT molecular complexity index is 732. The fourth-order valence-corrected chi connectivity index (χ4v) is 2.07. The first-order valence-electron chi connectivity index (χ1n) is 6.21. The Morgan fingerprint density at radius 2 is 1.95 bits per heavy atom. The van der Waals surface area contributed by atoms with Crippen molar-refractivity contribution in [1.82, 2.24) is 4.98 Å². The average Bonchev–Trinajstić information content (AvgIpc) is 2.45. The van der Waals surface area contributed by atoms with Gasteiger partial charge in [0.25, 0.3) is 6.43 Å². The molecule has 0 bridgehead atoms. The third-order valence-corrected chi connectivity index (χ3v) is 3.12. The SMILES string of the molecule is COc1cc(F)c(C(F)F)cc1-c1cc(C)ncc1C(=O)O. The van der Waals surface area contributed by atoms with Crippen LogP contribution in [0.5, 0.6) is 5.75 Å². The van der Waals surface area contributed by atoms with E-state index < -0.39 is 23.8 Å². The summed E-state index contributed by atoms with van der Waals surface area (Å²) in [7, 11) is 1.24. The minimum absolute atomic E-state index is 0.0324. The highest BCUT2D eigenvalue weighted by Gasteiger charge is 2.22. The summed E-state index contributed by atoms with van der Waals surface area (Å²) in [4.78, 5) is 15.2. The number of ether oxygens (including phenoxy) is 1. The Morgan fingerprint density at radius 1 is 1.27 bits per heavy atom. The number of methoxy groups -OCH3 is 1. The maximum Gasteiger partial charge on any atom is 0.337 e. The Labute approximate surface area is 124 Å². The third-order valence-electron chi connectivity index (χ3n) is 3.12. The molecule has 0 amide bonds. The van der Waals surface area contributed by atoms with Crippen LogP contribution in [-0.2, 0) is 0 Å². The maximum absolute atomic E-state index is 13.6. The molecule has 22 heavy (non-hydrogen) atoms. The molecule has 0 fully saturated rings. The molecule has 2 rings (SSSR count). The van der Waals surface area contributed by atoms with Crippen LogP contribution >= 0.6 is 0 Å². The number of nitrogens with zero attached hydrogens (tertiary/aromatic N) is 1. The quantitative estimate of drug-likeness (QED) is 0.932. The van der Waals surface area contributed by atoms with E-state index in [0.29, 0.717) is 5.69 Å². The van der Waals surface area contributed by atoms with E-state index in [0.717, 1.165) is 18.3 Å². The molecule has 1 aromatic heterocycles. The fraction of sp³-hybridized carbons (Fsp3) is 0.200. The molecule has 1 aromatic carbocycles. The number of rotatable bonds is 4. The van der Waals surface area contributed by atoms with Crippen LogP contribution < -0.4 is 4.74 Å². The van der Waals surface area contributed by atoms with Gasteiger partial charge in [-0.25, -0.2) is 18.0 Å². The topological polar surface area (TPSA) is 59.4 Å². The first kappa shape index (κ1) is 15.8. The lowest BCUT2D eigenvalue weighted by Gasteiger charge is -2.14. The van der Waals surface area contributed by atoms with Gasteiger partial charge in [-0.15, -0.1) is 0 Å². The van der Waals surface area contributed by atoms with Gasteiger partial charge in [-0.05, 0) is 19.1 Å². The van der Waals surface area contributed by atoms with Crippen LogP contribution in [0.3, 0.4) is 0 Å². The predicted molar refractivity (Wildman–Crippen MR) is 72.8 cm³/mol. The van der Waals surface area contributed by atoms with Gasteiger partial charge in [0.15, 0.2) is 0 Å². The molecule has 1 heterocycles. The maximum atomic E-state index is 13.6. The Kier molecular flexibility index (Phi) is 4.35. The van der Waals surface area contributed by atoms with Crippen LogP contribution in [0.4, 0.5) is 13.2 Å². The number of benzene rings is 1. The molecule has 0 atom stereocenters. The van der Waals surface area contributed by atoms with Crippen molar-refractivity contribution in [1.29, 1.82) is 0 Å². The van der Waals surface area contributed by atoms with Gasteiger partial charge in [0.05, 0.1) is 18.2 Å². The first-order chi connectivity index (χ1) is 10.3. The molecule has 0 aliphatic heterocycles. The Balaban J connectivity index is 2.78. The van der Waals surface area contributed by atoms with Gasteiger partial charge in [-0.2, -0.15) is 0 Å². The van der Waals surface area contributed by atoms with E-state index in [9.17, 15) is 23.1 Å². The minimum atomic E-state index is -3.03. The molecule has 0 aliphatic rings. The molecule has 0 spiro atoms. The third kappa shape index (κ3) is 2.88. The molecule has 0 unspecified atom stereocenters. The van der Waals surface area contributed by atoms with E-state index >= 15 is 0 Å². The van der Waals surface area contributed by atoms with Crippen LogP contribution in [-0.4, -0.2) is 23.2 Å². The number of aromatic carboxylic acids is 1. The van der Waals surface area contributed by atoms with E-state index in [4.69, 9.17) is 4.74 Å². The zero-order valence-electron chi connectivity index (χ0n) is 11.7. The normalized spacial score (nSPS) is 10.8. The highest BCUT2D eigenvalue weighted by Crippen LogP contribution is 2.37. The van der Waals surface area contributed by atoms with Crippen molar-refractivity contribution in [3.05, 3.63) is 47.0 Å². The smallest absolute Gasteiger partial charge is 0.337 e. The molecule has 7 heteroatoms. The second-order valence-corrected chi connectivity index (χ2v) is 4.55. The van der Waals surface area contributed by atoms with E-state index in [1.807, 2.05) is 0 Å². The summed E-state index contributed by atoms with van der Waals surface area (Å²) in [6.07, 6.45) is -1.90.